The van der Waals surface area contributed by atoms with E-state index in [4.69, 9.17) is 4.74 Å². The summed E-state index contributed by atoms with van der Waals surface area (Å²) in [7, 11) is 3.56. The Kier molecular flexibility index (Phi) is 5.70. The molecule has 70 valence electrons. The third-order valence-corrected chi connectivity index (χ3v) is 1.34. The Morgan fingerprint density at radius 3 is 3.00 bits per heavy atom. The third kappa shape index (κ3) is 3.21. The first-order chi connectivity index (χ1) is 5.36. The second-order valence-electron chi connectivity index (χ2n) is 2.35. The van der Waals surface area contributed by atoms with E-state index in [1.807, 2.05) is 13.1 Å². The first-order valence-corrected chi connectivity index (χ1v) is 3.53. The molecule has 0 saturated heterocycles. The van der Waals surface area contributed by atoms with Gasteiger partial charge in [-0.2, -0.15) is 5.10 Å². The molecule has 0 aliphatic heterocycles. The molecule has 0 unspecified atom stereocenters. The molecule has 0 fully saturated rings. The van der Waals surface area contributed by atoms with Gasteiger partial charge in [0.05, 0.1) is 18.0 Å². The molecule has 1 heterocycles. The van der Waals surface area contributed by atoms with Crippen LogP contribution in [0.15, 0.2) is 6.07 Å². The maximum atomic E-state index is 4.93. The number of methoxy groups -OCH3 is 1. The van der Waals surface area contributed by atoms with Gasteiger partial charge in [0.15, 0.2) is 0 Å². The van der Waals surface area contributed by atoms with Crippen molar-refractivity contribution in [1.82, 2.24) is 15.5 Å². The predicted octanol–water partition coefficient (Wildman–Crippen LogP) is 0.697. The van der Waals surface area contributed by atoms with Crippen LogP contribution in [0.4, 0.5) is 0 Å². The molecule has 0 saturated carbocycles. The average molecular weight is 192 g/mol. The normalized spacial score (nSPS) is 9.50. The zero-order valence-electron chi connectivity index (χ0n) is 7.26. The van der Waals surface area contributed by atoms with Crippen molar-refractivity contribution >= 4 is 12.4 Å². The number of hydrogen-bond acceptors (Lipinski definition) is 3. The van der Waals surface area contributed by atoms with Gasteiger partial charge in [0.2, 0.25) is 0 Å². The van der Waals surface area contributed by atoms with Crippen molar-refractivity contribution in [2.75, 3.05) is 14.2 Å². The number of nitrogens with one attached hydrogen (secondary N) is 2. The minimum absolute atomic E-state index is 0. The maximum absolute atomic E-state index is 4.93. The first-order valence-electron chi connectivity index (χ1n) is 3.53. The standard InChI is InChI=1S/C7H13N3O.ClH/c1-8-4-6-3-7(5-11-2)10-9-6;/h3,8H,4-5H2,1-2H3,(H,9,10);1H. The zero-order valence-corrected chi connectivity index (χ0v) is 8.07. The lowest BCUT2D eigenvalue weighted by Gasteiger charge is -1.90. The second kappa shape index (κ2) is 5.99. The molecule has 0 atom stereocenters. The van der Waals surface area contributed by atoms with Crippen molar-refractivity contribution < 1.29 is 4.74 Å². The van der Waals surface area contributed by atoms with Gasteiger partial charge in [-0.3, -0.25) is 5.10 Å². The second-order valence-corrected chi connectivity index (χ2v) is 2.35. The summed E-state index contributed by atoms with van der Waals surface area (Å²) in [5, 5.41) is 9.95. The van der Waals surface area contributed by atoms with Crippen LogP contribution >= 0.6 is 12.4 Å². The Hall–Kier alpha value is -0.580. The van der Waals surface area contributed by atoms with E-state index in [1.54, 1.807) is 7.11 Å². The number of rotatable bonds is 4. The molecule has 0 aliphatic rings. The molecule has 5 heteroatoms. The number of halogens is 1. The number of H-pyrrole nitrogens is 1. The summed E-state index contributed by atoms with van der Waals surface area (Å²) in [5.74, 6) is 0. The van der Waals surface area contributed by atoms with E-state index in [0.29, 0.717) is 6.61 Å². The molecule has 0 amide bonds. The van der Waals surface area contributed by atoms with Gasteiger partial charge in [-0.25, -0.2) is 0 Å². The molecule has 2 N–H and O–H groups in total. The van der Waals surface area contributed by atoms with Gasteiger partial charge in [0.1, 0.15) is 0 Å². The number of aromatic nitrogens is 2. The van der Waals surface area contributed by atoms with E-state index in [1.165, 1.54) is 0 Å². The Labute approximate surface area is 78.1 Å². The van der Waals surface area contributed by atoms with Crippen LogP contribution in [0, 0.1) is 0 Å². The van der Waals surface area contributed by atoms with Crippen molar-refractivity contribution in [1.29, 1.82) is 0 Å². The first kappa shape index (κ1) is 11.4. The fourth-order valence-electron chi connectivity index (χ4n) is 0.910. The van der Waals surface area contributed by atoms with Crippen LogP contribution in [0.3, 0.4) is 0 Å². The Morgan fingerprint density at radius 2 is 2.42 bits per heavy atom. The van der Waals surface area contributed by atoms with Gasteiger partial charge in [-0.15, -0.1) is 12.4 Å². The van der Waals surface area contributed by atoms with Crippen LogP contribution in [0.25, 0.3) is 0 Å². The molecule has 0 aromatic carbocycles. The van der Waals surface area contributed by atoms with Crippen molar-refractivity contribution in [3.63, 3.8) is 0 Å². The van der Waals surface area contributed by atoms with Crippen molar-refractivity contribution in [2.45, 2.75) is 13.2 Å². The Balaban J connectivity index is 0.00000121. The van der Waals surface area contributed by atoms with Crippen molar-refractivity contribution in [3.05, 3.63) is 17.5 Å². The summed E-state index contributed by atoms with van der Waals surface area (Å²) in [6, 6.07) is 1.99. The maximum Gasteiger partial charge on any atom is 0.0878 e. The molecule has 1 aromatic heterocycles. The molecular weight excluding hydrogens is 178 g/mol. The fraction of sp³-hybridized carbons (Fsp3) is 0.571. The lowest BCUT2D eigenvalue weighted by molar-refractivity contribution is 0.181. The molecular formula is C7H14ClN3O. The minimum atomic E-state index is 0. The lowest BCUT2D eigenvalue weighted by Crippen LogP contribution is -2.04. The SMILES string of the molecule is CNCc1cc(COC)[nH]n1.Cl. The fourth-order valence-corrected chi connectivity index (χ4v) is 0.910. The van der Waals surface area contributed by atoms with E-state index in [9.17, 15) is 0 Å². The molecule has 4 nitrogen and oxygen atoms in total. The topological polar surface area (TPSA) is 49.9 Å². The molecule has 0 bridgehead atoms. The summed E-state index contributed by atoms with van der Waals surface area (Å²) in [6.07, 6.45) is 0. The van der Waals surface area contributed by atoms with Gasteiger partial charge in [-0.1, -0.05) is 0 Å². The van der Waals surface area contributed by atoms with Gasteiger partial charge in [-0.05, 0) is 13.1 Å². The van der Waals surface area contributed by atoms with E-state index in [2.05, 4.69) is 15.5 Å². The summed E-state index contributed by atoms with van der Waals surface area (Å²) >= 11 is 0. The molecule has 1 aromatic rings. The van der Waals surface area contributed by atoms with E-state index >= 15 is 0 Å². The molecule has 12 heavy (non-hydrogen) atoms. The highest BCUT2D eigenvalue weighted by Crippen LogP contribution is 1.99. The van der Waals surface area contributed by atoms with E-state index in [0.717, 1.165) is 17.9 Å². The Bertz CT molecular complexity index is 194. The highest BCUT2D eigenvalue weighted by atomic mass is 35.5. The average Bonchev–Trinajstić information content (AvgIpc) is 2.38. The highest BCUT2D eigenvalue weighted by molar-refractivity contribution is 5.85. The quantitative estimate of drug-likeness (QED) is 0.737. The van der Waals surface area contributed by atoms with Crippen molar-refractivity contribution in [3.8, 4) is 0 Å². The van der Waals surface area contributed by atoms with Crippen LogP contribution in [-0.4, -0.2) is 24.4 Å². The van der Waals surface area contributed by atoms with Crippen LogP contribution in [0.2, 0.25) is 0 Å². The number of nitrogens with zero attached hydrogens (tertiary/aromatic N) is 1. The van der Waals surface area contributed by atoms with Gasteiger partial charge in [0, 0.05) is 13.7 Å². The van der Waals surface area contributed by atoms with Crippen molar-refractivity contribution in [2.24, 2.45) is 0 Å². The molecule has 1 rings (SSSR count). The van der Waals surface area contributed by atoms with E-state index < -0.39 is 0 Å². The summed E-state index contributed by atoms with van der Waals surface area (Å²) in [4.78, 5) is 0. The summed E-state index contributed by atoms with van der Waals surface area (Å²) in [5.41, 5.74) is 2.03. The van der Waals surface area contributed by atoms with Crippen LogP contribution < -0.4 is 5.32 Å². The van der Waals surface area contributed by atoms with Gasteiger partial charge >= 0.3 is 0 Å². The van der Waals surface area contributed by atoms with Gasteiger partial charge < -0.3 is 10.1 Å². The number of hydrogen-bond donors (Lipinski definition) is 2. The smallest absolute Gasteiger partial charge is 0.0878 e. The molecule has 0 spiro atoms. The Morgan fingerprint density at radius 1 is 1.67 bits per heavy atom. The third-order valence-electron chi connectivity index (χ3n) is 1.34. The summed E-state index contributed by atoms with van der Waals surface area (Å²) in [6.45, 7) is 1.39. The van der Waals surface area contributed by atoms with Crippen LogP contribution in [-0.2, 0) is 17.9 Å². The number of ether oxygens (including phenoxy) is 1. The van der Waals surface area contributed by atoms with Crippen LogP contribution in [0.5, 0.6) is 0 Å². The summed E-state index contributed by atoms with van der Waals surface area (Å²) < 4.78 is 4.93. The lowest BCUT2D eigenvalue weighted by atomic mass is 10.3. The van der Waals surface area contributed by atoms with Gasteiger partial charge in [0.25, 0.3) is 0 Å². The zero-order chi connectivity index (χ0) is 8.10. The largest absolute Gasteiger partial charge is 0.378 e. The molecule has 0 radical (unpaired) electrons. The number of aromatic amines is 1. The molecule has 0 aliphatic carbocycles. The monoisotopic (exact) mass is 191 g/mol. The highest BCUT2D eigenvalue weighted by Gasteiger charge is 1.97. The minimum Gasteiger partial charge on any atom is -0.378 e. The van der Waals surface area contributed by atoms with Crippen LogP contribution in [0.1, 0.15) is 11.4 Å². The predicted molar refractivity (Wildman–Crippen MR) is 49.3 cm³/mol. The van der Waals surface area contributed by atoms with E-state index in [-0.39, 0.29) is 12.4 Å².